The van der Waals surface area contributed by atoms with Crippen LogP contribution in [0.5, 0.6) is 0 Å². The van der Waals surface area contributed by atoms with Crippen LogP contribution in [-0.4, -0.2) is 42.4 Å². The van der Waals surface area contributed by atoms with Crippen LogP contribution in [0.15, 0.2) is 34.9 Å². The van der Waals surface area contributed by atoms with E-state index in [2.05, 4.69) is 47.3 Å². The Morgan fingerprint density at radius 1 is 1.18 bits per heavy atom. The van der Waals surface area contributed by atoms with Crippen molar-refractivity contribution in [3.8, 4) is 0 Å². The van der Waals surface area contributed by atoms with Gasteiger partial charge in [0.15, 0.2) is 0 Å². The molecule has 40 heavy (non-hydrogen) atoms. The van der Waals surface area contributed by atoms with Crippen LogP contribution in [0.2, 0.25) is 0 Å². The topological polar surface area (TPSA) is 110 Å². The van der Waals surface area contributed by atoms with E-state index in [9.17, 15) is 22.9 Å². The van der Waals surface area contributed by atoms with E-state index in [-0.39, 0.29) is 11.8 Å². The predicted molar refractivity (Wildman–Crippen MR) is 156 cm³/mol. The zero-order valence-electron chi connectivity index (χ0n) is 25.6. The summed E-state index contributed by atoms with van der Waals surface area (Å²) in [4.78, 5) is 12.5. The Morgan fingerprint density at radius 2 is 1.82 bits per heavy atom. The number of hydrogen-bond donors (Lipinski definition) is 2. The minimum absolute atomic E-state index is 0.00926. The number of carbonyl (C=O) groups excluding carboxylic acids is 1. The van der Waals surface area contributed by atoms with Gasteiger partial charge in [-0.15, -0.1) is 0 Å². The molecule has 2 N–H and O–H groups in total. The van der Waals surface area contributed by atoms with E-state index in [0.29, 0.717) is 24.7 Å². The average Bonchev–Trinajstić information content (AvgIpc) is 3.18. The lowest BCUT2D eigenvalue weighted by Gasteiger charge is -2.61. The molecule has 8 heteroatoms. The van der Waals surface area contributed by atoms with Gasteiger partial charge in [0, 0.05) is 12.3 Å². The lowest BCUT2D eigenvalue weighted by molar-refractivity contribution is -0.167. The molecule has 4 rings (SSSR count). The highest BCUT2D eigenvalue weighted by Gasteiger charge is 2.64. The summed E-state index contributed by atoms with van der Waals surface area (Å²) in [6.45, 7) is 20.6. The standard InChI is InChI=1S/C32H50O7S/c1-18(2)19(3)10-11-20(4)23-13-14-24-22-12-15-25-30(6,7)26(39-40(35,36)37)16-17-31(25,8)27(22)28(34)29(32(23,24)9)38-21(5)33/h14,18,20,23,25-26,28-29,34H,3,10-13,15-17H2,1-2,4-9H3,(H,35,36,37)/t20-,23-,25?,26+,28-,29+,31+,32-/m1/s1. The number of hydrogen-bond acceptors (Lipinski definition) is 6. The van der Waals surface area contributed by atoms with Crippen molar-refractivity contribution >= 4 is 16.4 Å². The number of esters is 1. The Bertz CT molecular complexity index is 1210. The smallest absolute Gasteiger partial charge is 0.397 e. The maximum absolute atomic E-state index is 12.5. The fraction of sp³-hybridized carbons (Fsp3) is 0.781. The molecule has 7 nitrogen and oxygen atoms in total. The number of allylic oxidation sites excluding steroid dienone is 3. The van der Waals surface area contributed by atoms with Crippen LogP contribution in [-0.2, 0) is 24.1 Å². The first-order valence-corrected chi connectivity index (χ1v) is 16.3. The minimum Gasteiger partial charge on any atom is -0.458 e. The number of carbonyl (C=O) groups is 1. The van der Waals surface area contributed by atoms with E-state index in [4.69, 9.17) is 8.92 Å². The van der Waals surface area contributed by atoms with Gasteiger partial charge < -0.3 is 9.84 Å². The number of rotatable bonds is 8. The molecule has 0 spiro atoms. The summed E-state index contributed by atoms with van der Waals surface area (Å²) in [5.41, 5.74) is 3.09. The molecule has 0 aliphatic heterocycles. The van der Waals surface area contributed by atoms with E-state index >= 15 is 0 Å². The fourth-order valence-electron chi connectivity index (χ4n) is 9.21. The third-order valence-electron chi connectivity index (χ3n) is 11.4. The highest BCUT2D eigenvalue weighted by atomic mass is 32.3. The van der Waals surface area contributed by atoms with Gasteiger partial charge in [-0.1, -0.05) is 66.7 Å². The van der Waals surface area contributed by atoms with Crippen molar-refractivity contribution in [3.05, 3.63) is 34.9 Å². The van der Waals surface area contributed by atoms with Gasteiger partial charge in [-0.3, -0.25) is 9.35 Å². The van der Waals surface area contributed by atoms with Crippen molar-refractivity contribution in [2.75, 3.05) is 0 Å². The van der Waals surface area contributed by atoms with E-state index in [0.717, 1.165) is 37.7 Å². The molecule has 0 radical (unpaired) electrons. The highest BCUT2D eigenvalue weighted by Crippen LogP contribution is 2.67. The molecule has 0 aromatic heterocycles. The highest BCUT2D eigenvalue weighted by molar-refractivity contribution is 7.80. The fourth-order valence-corrected chi connectivity index (χ4v) is 9.85. The van der Waals surface area contributed by atoms with Crippen LogP contribution in [0.3, 0.4) is 0 Å². The number of fused-ring (bicyclic) bond motifs is 4. The van der Waals surface area contributed by atoms with E-state index in [1.165, 1.54) is 23.6 Å². The SMILES string of the molecule is C=C(CC[C@@H](C)[C@H]1CC=C2C3=C([C@@H](O)[C@H](OC(C)=O)[C@@]21C)[C@@]1(C)CC[C@H](OS(=O)(=O)O)C(C)(C)C1CC3)C(C)C. The Hall–Kier alpha value is -1.48. The van der Waals surface area contributed by atoms with Crippen LogP contribution in [0.1, 0.15) is 100 Å². The zero-order chi connectivity index (χ0) is 30.0. The second-order valence-corrected chi connectivity index (χ2v) is 15.4. The molecule has 1 unspecified atom stereocenters. The molecule has 0 saturated heterocycles. The lowest BCUT2D eigenvalue weighted by atomic mass is 9.45. The third kappa shape index (κ3) is 5.16. The predicted octanol–water partition coefficient (Wildman–Crippen LogP) is 6.59. The maximum Gasteiger partial charge on any atom is 0.397 e. The van der Waals surface area contributed by atoms with Gasteiger partial charge >= 0.3 is 16.4 Å². The number of aliphatic hydroxyl groups is 1. The van der Waals surface area contributed by atoms with E-state index in [1.54, 1.807) is 0 Å². The number of aliphatic hydroxyl groups excluding tert-OH is 1. The Morgan fingerprint density at radius 3 is 2.40 bits per heavy atom. The van der Waals surface area contributed by atoms with Gasteiger partial charge in [0.05, 0.1) is 6.10 Å². The summed E-state index contributed by atoms with van der Waals surface area (Å²) in [6, 6.07) is 0. The summed E-state index contributed by atoms with van der Waals surface area (Å²) < 4.78 is 44.0. The van der Waals surface area contributed by atoms with Crippen molar-refractivity contribution in [1.82, 2.24) is 0 Å². The Labute approximate surface area is 241 Å². The monoisotopic (exact) mass is 578 g/mol. The molecule has 1 saturated carbocycles. The summed E-state index contributed by atoms with van der Waals surface area (Å²) in [5, 5.41) is 12.2. The van der Waals surface area contributed by atoms with Gasteiger partial charge in [0.2, 0.25) is 0 Å². The maximum atomic E-state index is 12.5. The third-order valence-corrected chi connectivity index (χ3v) is 11.9. The summed E-state index contributed by atoms with van der Waals surface area (Å²) in [5.74, 6) is 0.617. The quantitative estimate of drug-likeness (QED) is 0.190. The van der Waals surface area contributed by atoms with Crippen molar-refractivity contribution in [2.45, 2.75) is 119 Å². The van der Waals surface area contributed by atoms with E-state index < -0.39 is 50.9 Å². The average molecular weight is 579 g/mol. The zero-order valence-corrected chi connectivity index (χ0v) is 26.4. The van der Waals surface area contributed by atoms with Gasteiger partial charge in [0.1, 0.15) is 12.2 Å². The largest absolute Gasteiger partial charge is 0.458 e. The number of ether oxygens (including phenoxy) is 1. The molecule has 1 fully saturated rings. The molecule has 0 bridgehead atoms. The lowest BCUT2D eigenvalue weighted by Crippen LogP contribution is -2.60. The van der Waals surface area contributed by atoms with Crippen molar-refractivity contribution in [3.63, 3.8) is 0 Å². The van der Waals surface area contributed by atoms with Crippen LogP contribution in [0, 0.1) is 39.9 Å². The van der Waals surface area contributed by atoms with Gasteiger partial charge in [-0.25, -0.2) is 4.18 Å². The van der Waals surface area contributed by atoms with E-state index in [1.807, 2.05) is 13.8 Å². The molecule has 4 aliphatic carbocycles. The second-order valence-electron chi connectivity index (χ2n) is 14.3. The second kappa shape index (κ2) is 10.7. The first kappa shape index (κ1) is 31.5. The molecule has 226 valence electrons. The molecule has 4 aliphatic rings. The normalized spacial score (nSPS) is 37.8. The molecular weight excluding hydrogens is 528 g/mol. The summed E-state index contributed by atoms with van der Waals surface area (Å²) in [7, 11) is -4.59. The van der Waals surface area contributed by atoms with Crippen molar-refractivity contribution < 1.29 is 31.8 Å². The minimum atomic E-state index is -4.59. The van der Waals surface area contributed by atoms with Gasteiger partial charge in [0.25, 0.3) is 0 Å². The van der Waals surface area contributed by atoms with Gasteiger partial charge in [-0.2, -0.15) is 8.42 Å². The first-order valence-electron chi connectivity index (χ1n) is 15.0. The molecular formula is C32H50O7S. The van der Waals surface area contributed by atoms with Crippen LogP contribution < -0.4 is 0 Å². The van der Waals surface area contributed by atoms with Gasteiger partial charge in [-0.05, 0) is 96.2 Å². The van der Waals surface area contributed by atoms with Crippen LogP contribution >= 0.6 is 0 Å². The molecule has 0 aromatic carbocycles. The van der Waals surface area contributed by atoms with Crippen LogP contribution in [0.4, 0.5) is 0 Å². The molecule has 0 aromatic rings. The van der Waals surface area contributed by atoms with Crippen molar-refractivity contribution in [1.29, 1.82) is 0 Å². The first-order chi connectivity index (χ1) is 18.4. The Kier molecular flexibility index (Phi) is 8.38. The molecule has 0 heterocycles. The molecule has 8 atom stereocenters. The van der Waals surface area contributed by atoms with Crippen LogP contribution in [0.25, 0.3) is 0 Å². The Balaban J connectivity index is 1.75. The van der Waals surface area contributed by atoms with Crippen molar-refractivity contribution in [2.24, 2.45) is 39.9 Å². The molecule has 0 amide bonds. The summed E-state index contributed by atoms with van der Waals surface area (Å²) >= 11 is 0. The summed E-state index contributed by atoms with van der Waals surface area (Å²) in [6.07, 6.45) is 5.45.